The first-order chi connectivity index (χ1) is 14.1. The van der Waals surface area contributed by atoms with Gasteiger partial charge in [-0.3, -0.25) is 0 Å². The normalized spacial score (nSPS) is 25.3. The zero-order valence-corrected chi connectivity index (χ0v) is 22.3. The summed E-state index contributed by atoms with van der Waals surface area (Å²) in [6.45, 7) is 16.2. The van der Waals surface area contributed by atoms with E-state index >= 15 is 0 Å². The minimum absolute atomic E-state index is 0.130. The molecule has 7 heteroatoms. The number of nitrogens with one attached hydrogen (secondary N) is 1. The highest BCUT2D eigenvalue weighted by molar-refractivity contribution is 7.84. The first-order valence-corrected chi connectivity index (χ1v) is 15.4. The minimum Gasteiger partial charge on any atom is -0.414 e. The van der Waals surface area contributed by atoms with E-state index in [9.17, 15) is 13.0 Å². The number of rotatable bonds is 7. The molecule has 1 N–H and O–H groups in total. The molecule has 0 saturated heterocycles. The van der Waals surface area contributed by atoms with E-state index in [4.69, 9.17) is 4.43 Å². The van der Waals surface area contributed by atoms with Crippen LogP contribution in [0.15, 0.2) is 24.3 Å². The largest absolute Gasteiger partial charge is 0.414 e. The molecule has 0 aliphatic heterocycles. The third-order valence-electron chi connectivity index (χ3n) is 7.14. The molecule has 1 aromatic carbocycles. The molecule has 31 heavy (non-hydrogen) atoms. The van der Waals surface area contributed by atoms with Crippen LogP contribution in [0, 0.1) is 5.82 Å². The lowest BCUT2D eigenvalue weighted by molar-refractivity contribution is 0.0855. The van der Waals surface area contributed by atoms with Gasteiger partial charge in [0.2, 0.25) is 0 Å². The van der Waals surface area contributed by atoms with Crippen LogP contribution in [0.2, 0.25) is 18.1 Å². The lowest BCUT2D eigenvalue weighted by atomic mass is 9.64. The van der Waals surface area contributed by atoms with Crippen LogP contribution in [-0.4, -0.2) is 36.1 Å². The smallest absolute Gasteiger partial charge is 0.192 e. The van der Waals surface area contributed by atoms with Crippen LogP contribution in [0.1, 0.15) is 72.8 Å². The summed E-state index contributed by atoms with van der Waals surface area (Å²) in [6.07, 6.45) is 3.18. The molecular weight excluding hydrogens is 432 g/mol. The Kier molecular flexibility index (Phi) is 8.33. The topological polar surface area (TPSA) is 38.3 Å². The van der Waals surface area contributed by atoms with Crippen molar-refractivity contribution in [1.82, 2.24) is 4.72 Å². The summed E-state index contributed by atoms with van der Waals surface area (Å²) in [4.78, 5) is 0. The molecular formula is C24H41F2NO2SSi. The van der Waals surface area contributed by atoms with Gasteiger partial charge in [0.05, 0.1) is 21.8 Å². The van der Waals surface area contributed by atoms with Crippen molar-refractivity contribution in [2.75, 3.05) is 6.67 Å². The Balaban J connectivity index is 2.31. The van der Waals surface area contributed by atoms with Crippen LogP contribution in [-0.2, 0) is 20.8 Å². The Morgan fingerprint density at radius 3 is 2.06 bits per heavy atom. The second-order valence-corrected chi connectivity index (χ2v) is 18.2. The molecule has 0 radical (unpaired) electrons. The maximum absolute atomic E-state index is 14.4. The average Bonchev–Trinajstić information content (AvgIpc) is 2.65. The van der Waals surface area contributed by atoms with E-state index in [1.165, 1.54) is 12.1 Å². The molecule has 0 aromatic heterocycles. The number of hydrogen-bond acceptors (Lipinski definition) is 2. The van der Waals surface area contributed by atoms with Gasteiger partial charge in [-0.25, -0.2) is 17.7 Å². The highest BCUT2D eigenvalue weighted by atomic mass is 32.2. The molecule has 0 spiro atoms. The van der Waals surface area contributed by atoms with Gasteiger partial charge in [0.15, 0.2) is 8.32 Å². The van der Waals surface area contributed by atoms with Crippen molar-refractivity contribution in [3.05, 3.63) is 35.6 Å². The number of alkyl halides is 1. The fourth-order valence-electron chi connectivity index (χ4n) is 4.04. The number of benzene rings is 1. The second kappa shape index (κ2) is 9.70. The molecule has 1 aliphatic rings. The molecule has 1 unspecified atom stereocenters. The van der Waals surface area contributed by atoms with E-state index in [0.717, 1.165) is 18.4 Å². The molecule has 0 bridgehead atoms. The van der Waals surface area contributed by atoms with Gasteiger partial charge >= 0.3 is 0 Å². The Morgan fingerprint density at radius 1 is 1.13 bits per heavy atom. The van der Waals surface area contributed by atoms with Gasteiger partial charge in [0, 0.05) is 11.5 Å². The van der Waals surface area contributed by atoms with Crippen molar-refractivity contribution in [3.8, 4) is 0 Å². The van der Waals surface area contributed by atoms with Gasteiger partial charge in [-0.15, -0.1) is 0 Å². The van der Waals surface area contributed by atoms with E-state index < -0.39 is 42.2 Å². The third kappa shape index (κ3) is 6.24. The Labute approximate surface area is 191 Å². The van der Waals surface area contributed by atoms with Crippen LogP contribution in [0.4, 0.5) is 8.78 Å². The van der Waals surface area contributed by atoms with Gasteiger partial charge in [0.1, 0.15) is 12.5 Å². The van der Waals surface area contributed by atoms with Gasteiger partial charge in [0.25, 0.3) is 0 Å². The molecule has 0 heterocycles. The summed E-state index contributed by atoms with van der Waals surface area (Å²) in [7, 11) is -3.30. The number of hydrogen-bond donors (Lipinski definition) is 1. The quantitative estimate of drug-likeness (QED) is 0.464. The van der Waals surface area contributed by atoms with Crippen LogP contribution in [0.3, 0.4) is 0 Å². The van der Waals surface area contributed by atoms with E-state index in [2.05, 4.69) is 38.6 Å². The molecule has 1 aromatic rings. The Morgan fingerprint density at radius 2 is 1.65 bits per heavy atom. The average molecular weight is 474 g/mol. The van der Waals surface area contributed by atoms with Crippen molar-refractivity contribution in [2.45, 2.75) is 108 Å². The highest BCUT2D eigenvalue weighted by Crippen LogP contribution is 2.46. The second-order valence-electron chi connectivity index (χ2n) is 11.4. The van der Waals surface area contributed by atoms with Gasteiger partial charge in [-0.1, -0.05) is 32.9 Å². The molecule has 2 rings (SSSR count). The molecule has 1 aliphatic carbocycles. The van der Waals surface area contributed by atoms with Crippen LogP contribution in [0.5, 0.6) is 0 Å². The summed E-state index contributed by atoms with van der Waals surface area (Å²) < 4.78 is 50.1. The standard InChI is InChI=1S/C24H41F2NO2SSi/c1-22(2,3)30(28)27-21(17-25)24(18-9-11-19(26)12-10-18)15-13-20(14-16-24)29-31(7,8)23(4,5)6/h9-12,20-21,27H,13-17H2,1-8H3/t20?,21-,24?,30?/m0/s1. The molecule has 0 amide bonds. The van der Waals surface area contributed by atoms with E-state index in [1.54, 1.807) is 12.1 Å². The zero-order chi connectivity index (χ0) is 23.7. The summed E-state index contributed by atoms with van der Waals surface area (Å²) in [5.74, 6) is -0.308. The van der Waals surface area contributed by atoms with Crippen LogP contribution < -0.4 is 4.72 Å². The van der Waals surface area contributed by atoms with Gasteiger partial charge < -0.3 is 4.43 Å². The highest BCUT2D eigenvalue weighted by Gasteiger charge is 2.47. The van der Waals surface area contributed by atoms with Crippen LogP contribution in [0.25, 0.3) is 0 Å². The lowest BCUT2D eigenvalue weighted by Gasteiger charge is -2.48. The van der Waals surface area contributed by atoms with Crippen molar-refractivity contribution in [2.24, 2.45) is 0 Å². The SMILES string of the molecule is CC(C)(C)S(=O)N[C@@H](CF)C1(c2ccc(F)cc2)CCC(O[Si](C)(C)C(C)(C)C)CC1. The first kappa shape index (κ1) is 26.6. The summed E-state index contributed by atoms with van der Waals surface area (Å²) in [5, 5.41) is 0.130. The molecule has 3 nitrogen and oxygen atoms in total. The van der Waals surface area contributed by atoms with Gasteiger partial charge in [-0.05, 0) is 82.3 Å². The maximum Gasteiger partial charge on any atom is 0.192 e. The fraction of sp³-hybridized carbons (Fsp3) is 0.750. The predicted octanol–water partition coefficient (Wildman–Crippen LogP) is 6.42. The van der Waals surface area contributed by atoms with Crippen molar-refractivity contribution < 1.29 is 17.4 Å². The lowest BCUT2D eigenvalue weighted by Crippen LogP contribution is -2.55. The van der Waals surface area contributed by atoms with E-state index in [0.29, 0.717) is 12.8 Å². The fourth-order valence-corrected chi connectivity index (χ4v) is 6.36. The van der Waals surface area contributed by atoms with E-state index in [-0.39, 0.29) is 17.0 Å². The zero-order valence-electron chi connectivity index (χ0n) is 20.5. The monoisotopic (exact) mass is 473 g/mol. The first-order valence-electron chi connectivity index (χ1n) is 11.3. The van der Waals surface area contributed by atoms with Crippen LogP contribution >= 0.6 is 0 Å². The molecule has 1 fully saturated rings. The summed E-state index contributed by atoms with van der Waals surface area (Å²) in [6, 6.07) is 5.78. The maximum atomic E-state index is 14.4. The minimum atomic E-state index is -1.90. The van der Waals surface area contributed by atoms with Crippen molar-refractivity contribution in [3.63, 3.8) is 0 Å². The van der Waals surface area contributed by atoms with E-state index in [1.807, 2.05) is 20.8 Å². The molecule has 178 valence electrons. The summed E-state index contributed by atoms with van der Waals surface area (Å²) in [5.41, 5.74) is 0.358. The predicted molar refractivity (Wildman–Crippen MR) is 129 cm³/mol. The molecule has 1 saturated carbocycles. The summed E-state index contributed by atoms with van der Waals surface area (Å²) >= 11 is 0. The number of halogens is 2. The molecule has 2 atom stereocenters. The van der Waals surface area contributed by atoms with Gasteiger partial charge in [-0.2, -0.15) is 0 Å². The third-order valence-corrected chi connectivity index (χ3v) is 13.3. The Hall–Kier alpha value is -0.633. The van der Waals surface area contributed by atoms with Crippen molar-refractivity contribution in [1.29, 1.82) is 0 Å². The van der Waals surface area contributed by atoms with Crippen molar-refractivity contribution >= 4 is 19.3 Å². The Bertz CT molecular complexity index is 748.